The van der Waals surface area contributed by atoms with Crippen molar-refractivity contribution in [3.63, 3.8) is 0 Å². The van der Waals surface area contributed by atoms with Crippen LogP contribution in [0.3, 0.4) is 0 Å². The molecule has 0 aromatic heterocycles. The van der Waals surface area contributed by atoms with Crippen molar-refractivity contribution < 1.29 is 4.74 Å². The largest absolute Gasteiger partial charge is 0.381 e. The summed E-state index contributed by atoms with van der Waals surface area (Å²) in [5.41, 5.74) is 2.46. The van der Waals surface area contributed by atoms with E-state index in [2.05, 4.69) is 24.4 Å². The van der Waals surface area contributed by atoms with E-state index in [1.807, 2.05) is 13.1 Å². The van der Waals surface area contributed by atoms with Gasteiger partial charge in [0.1, 0.15) is 0 Å². The SMILES string of the molecule is CNC(Cc1ccc(C)cc1Cl)C1CCOCC1. The third-order valence-corrected chi connectivity index (χ3v) is 4.21. The number of nitrogens with one attached hydrogen (secondary N) is 1. The lowest BCUT2D eigenvalue weighted by Crippen LogP contribution is -2.38. The van der Waals surface area contributed by atoms with Crippen molar-refractivity contribution >= 4 is 11.6 Å². The Hall–Kier alpha value is -0.570. The molecule has 0 saturated carbocycles. The number of halogens is 1. The van der Waals surface area contributed by atoms with Crippen LogP contribution in [-0.2, 0) is 11.2 Å². The van der Waals surface area contributed by atoms with Gasteiger partial charge in [0.15, 0.2) is 0 Å². The standard InChI is InChI=1S/C15H22ClNO/c1-11-3-4-13(14(16)9-11)10-15(17-2)12-5-7-18-8-6-12/h3-4,9,12,15,17H,5-8,10H2,1-2H3. The zero-order valence-electron chi connectivity index (χ0n) is 11.2. The molecule has 1 atom stereocenters. The Balaban J connectivity index is 2.04. The smallest absolute Gasteiger partial charge is 0.0469 e. The van der Waals surface area contributed by atoms with E-state index in [1.165, 1.54) is 11.1 Å². The molecule has 1 aromatic carbocycles. The summed E-state index contributed by atoms with van der Waals surface area (Å²) in [7, 11) is 2.04. The van der Waals surface area contributed by atoms with Gasteiger partial charge in [-0.25, -0.2) is 0 Å². The van der Waals surface area contributed by atoms with Gasteiger partial charge in [-0.2, -0.15) is 0 Å². The molecule has 3 heteroatoms. The van der Waals surface area contributed by atoms with Gasteiger partial charge in [0, 0.05) is 24.3 Å². The first kappa shape index (κ1) is 13.9. The maximum absolute atomic E-state index is 6.32. The predicted octanol–water partition coefficient (Wildman–Crippen LogP) is 3.21. The monoisotopic (exact) mass is 267 g/mol. The highest BCUT2D eigenvalue weighted by Gasteiger charge is 2.23. The van der Waals surface area contributed by atoms with Gasteiger partial charge in [-0.3, -0.25) is 0 Å². The third kappa shape index (κ3) is 3.47. The summed E-state index contributed by atoms with van der Waals surface area (Å²) in [5.74, 6) is 0.695. The molecule has 1 aliphatic rings. The quantitative estimate of drug-likeness (QED) is 0.905. The second-order valence-corrected chi connectivity index (χ2v) is 5.55. The van der Waals surface area contributed by atoms with Gasteiger partial charge in [0.2, 0.25) is 0 Å². The summed E-state index contributed by atoms with van der Waals surface area (Å²) in [6.07, 6.45) is 3.30. The minimum Gasteiger partial charge on any atom is -0.381 e. The van der Waals surface area contributed by atoms with E-state index in [9.17, 15) is 0 Å². The van der Waals surface area contributed by atoms with Crippen LogP contribution >= 0.6 is 11.6 Å². The van der Waals surface area contributed by atoms with E-state index < -0.39 is 0 Å². The molecule has 1 aromatic rings. The Bertz CT molecular complexity index is 388. The van der Waals surface area contributed by atoms with Crippen molar-refractivity contribution in [2.45, 2.75) is 32.2 Å². The zero-order chi connectivity index (χ0) is 13.0. The minimum atomic E-state index is 0.495. The first-order chi connectivity index (χ1) is 8.70. The second kappa shape index (κ2) is 6.55. The molecule has 1 unspecified atom stereocenters. The van der Waals surface area contributed by atoms with E-state index in [0.717, 1.165) is 37.5 Å². The molecule has 100 valence electrons. The fourth-order valence-electron chi connectivity index (χ4n) is 2.68. The minimum absolute atomic E-state index is 0.495. The first-order valence-electron chi connectivity index (χ1n) is 6.70. The number of benzene rings is 1. The van der Waals surface area contributed by atoms with Gasteiger partial charge in [0.25, 0.3) is 0 Å². The highest BCUT2D eigenvalue weighted by Crippen LogP contribution is 2.25. The fraction of sp³-hybridized carbons (Fsp3) is 0.600. The van der Waals surface area contributed by atoms with Crippen molar-refractivity contribution in [2.24, 2.45) is 5.92 Å². The van der Waals surface area contributed by atoms with Crippen LogP contribution in [0.2, 0.25) is 5.02 Å². The highest BCUT2D eigenvalue weighted by atomic mass is 35.5. The van der Waals surface area contributed by atoms with Crippen LogP contribution in [0.4, 0.5) is 0 Å². The van der Waals surface area contributed by atoms with E-state index in [4.69, 9.17) is 16.3 Å². The summed E-state index contributed by atoms with van der Waals surface area (Å²) in [4.78, 5) is 0. The average Bonchev–Trinajstić information content (AvgIpc) is 2.39. The van der Waals surface area contributed by atoms with Crippen molar-refractivity contribution in [3.05, 3.63) is 34.3 Å². The Morgan fingerprint density at radius 3 is 2.72 bits per heavy atom. The molecule has 0 spiro atoms. The number of likely N-dealkylation sites (N-methyl/N-ethyl adjacent to an activating group) is 1. The van der Waals surface area contributed by atoms with E-state index in [-0.39, 0.29) is 0 Å². The van der Waals surface area contributed by atoms with Gasteiger partial charge >= 0.3 is 0 Å². The molecule has 2 nitrogen and oxygen atoms in total. The predicted molar refractivity (Wildman–Crippen MR) is 76.3 cm³/mol. The Morgan fingerprint density at radius 2 is 2.11 bits per heavy atom. The van der Waals surface area contributed by atoms with E-state index in [1.54, 1.807) is 0 Å². The van der Waals surface area contributed by atoms with Crippen LogP contribution in [0, 0.1) is 12.8 Å². The van der Waals surface area contributed by atoms with Crippen LogP contribution in [0.1, 0.15) is 24.0 Å². The molecule has 0 bridgehead atoms. The van der Waals surface area contributed by atoms with Gasteiger partial charge in [-0.15, -0.1) is 0 Å². The van der Waals surface area contributed by atoms with E-state index in [0.29, 0.717) is 12.0 Å². The summed E-state index contributed by atoms with van der Waals surface area (Å²) in [6.45, 7) is 3.86. The van der Waals surface area contributed by atoms with Crippen LogP contribution in [0.15, 0.2) is 18.2 Å². The Morgan fingerprint density at radius 1 is 1.39 bits per heavy atom. The third-order valence-electron chi connectivity index (χ3n) is 3.85. The normalized spacial score (nSPS) is 18.8. The summed E-state index contributed by atoms with van der Waals surface area (Å²) in [5, 5.41) is 4.34. The van der Waals surface area contributed by atoms with Crippen LogP contribution in [0.5, 0.6) is 0 Å². The topological polar surface area (TPSA) is 21.3 Å². The van der Waals surface area contributed by atoms with Crippen molar-refractivity contribution in [1.82, 2.24) is 5.32 Å². The molecule has 1 fully saturated rings. The summed E-state index contributed by atoms with van der Waals surface area (Å²) in [6, 6.07) is 6.83. The number of hydrogen-bond acceptors (Lipinski definition) is 2. The first-order valence-corrected chi connectivity index (χ1v) is 7.08. The molecular weight excluding hydrogens is 246 g/mol. The van der Waals surface area contributed by atoms with Gasteiger partial charge in [-0.05, 0) is 56.3 Å². The van der Waals surface area contributed by atoms with Crippen LogP contribution < -0.4 is 5.32 Å². The maximum Gasteiger partial charge on any atom is 0.0469 e. The van der Waals surface area contributed by atoms with Crippen molar-refractivity contribution in [3.8, 4) is 0 Å². The highest BCUT2D eigenvalue weighted by molar-refractivity contribution is 6.31. The number of hydrogen-bond donors (Lipinski definition) is 1. The lowest BCUT2D eigenvalue weighted by molar-refractivity contribution is 0.0547. The molecule has 1 N–H and O–H groups in total. The second-order valence-electron chi connectivity index (χ2n) is 5.14. The molecule has 0 aliphatic carbocycles. The molecule has 1 heterocycles. The lowest BCUT2D eigenvalue weighted by Gasteiger charge is -2.30. The number of aryl methyl sites for hydroxylation is 1. The van der Waals surface area contributed by atoms with Crippen LogP contribution in [0.25, 0.3) is 0 Å². The van der Waals surface area contributed by atoms with Crippen LogP contribution in [-0.4, -0.2) is 26.3 Å². The Kier molecular flexibility index (Phi) is 5.04. The molecular formula is C15H22ClNO. The van der Waals surface area contributed by atoms with Gasteiger partial charge in [-0.1, -0.05) is 23.7 Å². The Labute approximate surface area is 115 Å². The average molecular weight is 268 g/mol. The molecule has 18 heavy (non-hydrogen) atoms. The molecule has 1 aliphatic heterocycles. The van der Waals surface area contributed by atoms with Gasteiger partial charge in [0.05, 0.1) is 0 Å². The van der Waals surface area contributed by atoms with E-state index >= 15 is 0 Å². The molecule has 0 radical (unpaired) electrons. The van der Waals surface area contributed by atoms with Crippen molar-refractivity contribution in [1.29, 1.82) is 0 Å². The van der Waals surface area contributed by atoms with Gasteiger partial charge < -0.3 is 10.1 Å². The van der Waals surface area contributed by atoms with Crippen molar-refractivity contribution in [2.75, 3.05) is 20.3 Å². The fourth-order valence-corrected chi connectivity index (χ4v) is 2.99. The number of rotatable bonds is 4. The zero-order valence-corrected chi connectivity index (χ0v) is 12.0. The number of ether oxygens (including phenoxy) is 1. The molecule has 1 saturated heterocycles. The maximum atomic E-state index is 6.32. The molecule has 2 rings (SSSR count). The molecule has 0 amide bonds. The summed E-state index contributed by atoms with van der Waals surface area (Å²) >= 11 is 6.32. The summed E-state index contributed by atoms with van der Waals surface area (Å²) < 4.78 is 5.43. The lowest BCUT2D eigenvalue weighted by atomic mass is 9.87.